The van der Waals surface area contributed by atoms with Crippen molar-refractivity contribution in [3.8, 4) is 0 Å². The molecule has 0 bridgehead atoms. The van der Waals surface area contributed by atoms with Crippen LogP contribution in [0.5, 0.6) is 0 Å². The third-order valence-electron chi connectivity index (χ3n) is 4.23. The molecule has 2 aromatic carbocycles. The zero-order valence-corrected chi connectivity index (χ0v) is 12.7. The molecular weight excluding hydrogens is 258 g/mol. The molecule has 110 valence electrons. The van der Waals surface area contributed by atoms with Gasteiger partial charge in [-0.25, -0.2) is 0 Å². The Morgan fingerprint density at radius 2 is 1.81 bits per heavy atom. The molecule has 0 amide bonds. The summed E-state index contributed by atoms with van der Waals surface area (Å²) in [6.07, 6.45) is 1.13. The molecule has 0 radical (unpaired) electrons. The first-order valence-corrected chi connectivity index (χ1v) is 7.84. The normalized spacial score (nSPS) is 18.4. The lowest BCUT2D eigenvalue weighted by Gasteiger charge is -2.37. The molecule has 21 heavy (non-hydrogen) atoms. The lowest BCUT2D eigenvalue weighted by atomic mass is 9.88. The molecule has 0 aliphatic carbocycles. The molecule has 3 rings (SSSR count). The largest absolute Gasteiger partial charge is 0.380 e. The number of fused-ring (bicyclic) bond motifs is 1. The monoisotopic (exact) mass is 281 g/mol. The van der Waals surface area contributed by atoms with Gasteiger partial charge in [-0.05, 0) is 30.0 Å². The summed E-state index contributed by atoms with van der Waals surface area (Å²) in [5.74, 6) is 0. The summed E-state index contributed by atoms with van der Waals surface area (Å²) in [4.78, 5) is 2.55. The Labute approximate surface area is 127 Å². The summed E-state index contributed by atoms with van der Waals surface area (Å²) in [5, 5.41) is 0. The quantitative estimate of drug-likeness (QED) is 0.775. The van der Waals surface area contributed by atoms with E-state index in [1.54, 1.807) is 0 Å². The van der Waals surface area contributed by atoms with E-state index in [4.69, 9.17) is 4.74 Å². The molecule has 0 spiro atoms. The van der Waals surface area contributed by atoms with E-state index in [9.17, 15) is 0 Å². The molecular formula is C19H23NO. The Hall–Kier alpha value is -1.64. The van der Waals surface area contributed by atoms with Crippen LogP contribution in [0.2, 0.25) is 0 Å². The maximum absolute atomic E-state index is 5.57. The van der Waals surface area contributed by atoms with E-state index in [1.165, 1.54) is 16.7 Å². The summed E-state index contributed by atoms with van der Waals surface area (Å²) in [6.45, 7) is 5.74. The van der Waals surface area contributed by atoms with Crippen molar-refractivity contribution in [3.05, 3.63) is 71.3 Å². The molecule has 0 saturated heterocycles. The number of benzene rings is 2. The molecule has 0 unspecified atom stereocenters. The average Bonchev–Trinajstić information content (AvgIpc) is 2.55. The minimum atomic E-state index is 0.358. The van der Waals surface area contributed by atoms with Gasteiger partial charge in [-0.15, -0.1) is 0 Å². The van der Waals surface area contributed by atoms with Gasteiger partial charge >= 0.3 is 0 Å². The fourth-order valence-corrected chi connectivity index (χ4v) is 3.21. The lowest BCUT2D eigenvalue weighted by Crippen LogP contribution is -2.38. The van der Waals surface area contributed by atoms with Crippen LogP contribution in [-0.2, 0) is 11.2 Å². The SMILES string of the molecule is CCOCCN1CCc2ccccc2[C@H]1c1ccccc1. The smallest absolute Gasteiger partial charge is 0.0605 e. The summed E-state index contributed by atoms with van der Waals surface area (Å²) in [7, 11) is 0. The third kappa shape index (κ3) is 3.17. The van der Waals surface area contributed by atoms with E-state index in [2.05, 4.69) is 66.4 Å². The van der Waals surface area contributed by atoms with Crippen LogP contribution in [0.3, 0.4) is 0 Å². The Kier molecular flexibility index (Phi) is 4.69. The first-order valence-electron chi connectivity index (χ1n) is 7.84. The second-order valence-electron chi connectivity index (χ2n) is 5.49. The van der Waals surface area contributed by atoms with Gasteiger partial charge < -0.3 is 4.74 Å². The van der Waals surface area contributed by atoms with Crippen molar-refractivity contribution >= 4 is 0 Å². The summed E-state index contributed by atoms with van der Waals surface area (Å²) in [6, 6.07) is 20.0. The van der Waals surface area contributed by atoms with E-state index < -0.39 is 0 Å². The van der Waals surface area contributed by atoms with Gasteiger partial charge in [0, 0.05) is 19.7 Å². The first kappa shape index (κ1) is 14.3. The van der Waals surface area contributed by atoms with Crippen LogP contribution < -0.4 is 0 Å². The van der Waals surface area contributed by atoms with Crippen molar-refractivity contribution in [2.45, 2.75) is 19.4 Å². The van der Waals surface area contributed by atoms with Gasteiger partial charge in [0.1, 0.15) is 0 Å². The standard InChI is InChI=1S/C19H23NO/c1-2-21-15-14-20-13-12-16-8-6-7-11-18(16)19(20)17-9-4-3-5-10-17/h3-11,19H,2,12-15H2,1H3/t19-/m1/s1. The maximum Gasteiger partial charge on any atom is 0.0605 e. The highest BCUT2D eigenvalue weighted by molar-refractivity contribution is 5.39. The Bertz CT molecular complexity index is 567. The predicted octanol–water partition coefficient (Wildman–Crippen LogP) is 3.67. The number of ether oxygens (including phenoxy) is 1. The Morgan fingerprint density at radius 1 is 1.05 bits per heavy atom. The zero-order chi connectivity index (χ0) is 14.5. The van der Waals surface area contributed by atoms with Crippen molar-refractivity contribution in [3.63, 3.8) is 0 Å². The van der Waals surface area contributed by atoms with Crippen molar-refractivity contribution in [2.75, 3.05) is 26.3 Å². The topological polar surface area (TPSA) is 12.5 Å². The van der Waals surface area contributed by atoms with Crippen molar-refractivity contribution < 1.29 is 4.74 Å². The minimum absolute atomic E-state index is 0.358. The first-order chi connectivity index (χ1) is 10.4. The van der Waals surface area contributed by atoms with Crippen LogP contribution in [0.25, 0.3) is 0 Å². The molecule has 0 aromatic heterocycles. The predicted molar refractivity (Wildman–Crippen MR) is 86.5 cm³/mol. The Balaban J connectivity index is 1.91. The molecule has 0 fully saturated rings. The van der Waals surface area contributed by atoms with Gasteiger partial charge in [-0.3, -0.25) is 4.90 Å². The van der Waals surface area contributed by atoms with Gasteiger partial charge in [0.05, 0.1) is 12.6 Å². The zero-order valence-electron chi connectivity index (χ0n) is 12.7. The van der Waals surface area contributed by atoms with Crippen LogP contribution in [0.4, 0.5) is 0 Å². The molecule has 2 heteroatoms. The average molecular weight is 281 g/mol. The minimum Gasteiger partial charge on any atom is -0.380 e. The summed E-state index contributed by atoms with van der Waals surface area (Å²) in [5.41, 5.74) is 4.31. The van der Waals surface area contributed by atoms with Gasteiger partial charge in [0.2, 0.25) is 0 Å². The van der Waals surface area contributed by atoms with Gasteiger partial charge in [-0.2, -0.15) is 0 Å². The molecule has 2 nitrogen and oxygen atoms in total. The molecule has 1 aliphatic heterocycles. The third-order valence-corrected chi connectivity index (χ3v) is 4.23. The molecule has 0 N–H and O–H groups in total. The van der Waals surface area contributed by atoms with Gasteiger partial charge in [-0.1, -0.05) is 54.6 Å². The van der Waals surface area contributed by atoms with E-state index in [0.717, 1.165) is 32.7 Å². The second kappa shape index (κ2) is 6.88. The number of rotatable bonds is 5. The molecule has 1 heterocycles. The van der Waals surface area contributed by atoms with Crippen LogP contribution in [0, 0.1) is 0 Å². The maximum atomic E-state index is 5.57. The van der Waals surface area contributed by atoms with Crippen molar-refractivity contribution in [2.24, 2.45) is 0 Å². The highest BCUT2D eigenvalue weighted by Crippen LogP contribution is 2.34. The molecule has 1 atom stereocenters. The highest BCUT2D eigenvalue weighted by atomic mass is 16.5. The fourth-order valence-electron chi connectivity index (χ4n) is 3.21. The lowest BCUT2D eigenvalue weighted by molar-refractivity contribution is 0.0983. The Morgan fingerprint density at radius 3 is 2.62 bits per heavy atom. The van der Waals surface area contributed by atoms with Crippen LogP contribution in [-0.4, -0.2) is 31.2 Å². The van der Waals surface area contributed by atoms with Gasteiger partial charge in [0.15, 0.2) is 0 Å². The van der Waals surface area contributed by atoms with Crippen LogP contribution in [0.1, 0.15) is 29.7 Å². The molecule has 1 aliphatic rings. The highest BCUT2D eigenvalue weighted by Gasteiger charge is 2.27. The van der Waals surface area contributed by atoms with E-state index >= 15 is 0 Å². The second-order valence-corrected chi connectivity index (χ2v) is 5.49. The van der Waals surface area contributed by atoms with E-state index in [1.807, 2.05) is 0 Å². The van der Waals surface area contributed by atoms with Crippen LogP contribution >= 0.6 is 0 Å². The van der Waals surface area contributed by atoms with E-state index in [0.29, 0.717) is 6.04 Å². The number of hydrogen-bond acceptors (Lipinski definition) is 2. The van der Waals surface area contributed by atoms with Crippen molar-refractivity contribution in [1.29, 1.82) is 0 Å². The summed E-state index contributed by atoms with van der Waals surface area (Å²) < 4.78 is 5.57. The number of nitrogens with zero attached hydrogens (tertiary/aromatic N) is 1. The van der Waals surface area contributed by atoms with Crippen LogP contribution in [0.15, 0.2) is 54.6 Å². The van der Waals surface area contributed by atoms with E-state index in [-0.39, 0.29) is 0 Å². The van der Waals surface area contributed by atoms with Crippen molar-refractivity contribution in [1.82, 2.24) is 4.90 Å². The van der Waals surface area contributed by atoms with Gasteiger partial charge in [0.25, 0.3) is 0 Å². The molecule has 2 aromatic rings. The fraction of sp³-hybridized carbons (Fsp3) is 0.368. The number of hydrogen-bond donors (Lipinski definition) is 0. The molecule has 0 saturated carbocycles. The summed E-state index contributed by atoms with van der Waals surface area (Å²) >= 11 is 0.